The predicted molar refractivity (Wildman–Crippen MR) is 53.6 cm³/mol. The van der Waals surface area contributed by atoms with Crippen LogP contribution in [0.25, 0.3) is 0 Å². The third kappa shape index (κ3) is 2.31. The molecule has 4 atom stereocenters. The first-order valence-corrected chi connectivity index (χ1v) is 5.26. The Balaban J connectivity index is 1.91. The second kappa shape index (κ2) is 4.84. The molecule has 0 aliphatic carbocycles. The number of ether oxygens (including phenoxy) is 3. The van der Waals surface area contributed by atoms with Crippen molar-refractivity contribution in [1.82, 2.24) is 0 Å². The summed E-state index contributed by atoms with van der Waals surface area (Å²) in [6, 6.07) is 0. The summed E-state index contributed by atoms with van der Waals surface area (Å²) in [5.74, 6) is 0.836. The van der Waals surface area contributed by atoms with Gasteiger partial charge in [0.05, 0.1) is 6.61 Å². The van der Waals surface area contributed by atoms with E-state index in [2.05, 4.69) is 5.92 Å². The van der Waals surface area contributed by atoms with Gasteiger partial charge in [-0.25, -0.2) is 4.79 Å². The molecule has 2 rings (SSSR count). The van der Waals surface area contributed by atoms with Crippen molar-refractivity contribution in [3.63, 3.8) is 0 Å². The molecule has 2 heterocycles. The molecule has 6 heteroatoms. The van der Waals surface area contributed by atoms with Crippen molar-refractivity contribution in [3.8, 4) is 12.3 Å². The van der Waals surface area contributed by atoms with E-state index in [4.69, 9.17) is 25.7 Å². The predicted octanol–water partition coefficient (Wildman–Crippen LogP) is -1.00. The summed E-state index contributed by atoms with van der Waals surface area (Å²) >= 11 is 0. The average Bonchev–Trinajstić information content (AvgIpc) is 2.87. The molecule has 1 N–H and O–H groups in total. The number of carbonyl (C=O) groups excluding carboxylic acids is 2. The first kappa shape index (κ1) is 12.0. The number of hydrogen-bond acceptors (Lipinski definition) is 6. The summed E-state index contributed by atoms with van der Waals surface area (Å²) in [5, 5.41) is 9.16. The molecule has 0 spiro atoms. The van der Waals surface area contributed by atoms with Gasteiger partial charge in [0.1, 0.15) is 6.10 Å². The number of esters is 1. The maximum atomic E-state index is 11.5. The zero-order chi connectivity index (χ0) is 12.4. The highest BCUT2D eigenvalue weighted by atomic mass is 16.7. The zero-order valence-electron chi connectivity index (χ0n) is 9.00. The Morgan fingerprint density at radius 3 is 2.82 bits per heavy atom. The van der Waals surface area contributed by atoms with Crippen molar-refractivity contribution in [3.05, 3.63) is 0 Å². The van der Waals surface area contributed by atoms with Crippen LogP contribution in [0.3, 0.4) is 0 Å². The monoisotopic (exact) mass is 240 g/mol. The molecule has 6 nitrogen and oxygen atoms in total. The molecule has 0 aromatic heterocycles. The largest absolute Gasteiger partial charge is 0.449 e. The van der Waals surface area contributed by atoms with Gasteiger partial charge in [-0.1, -0.05) is 0 Å². The number of cyclic esters (lactones) is 1. The standard InChI is InChI=1S/C11H12O6/c1-2-3-4-7-15-5-6(16-7)10-8(12)9(13)11(14)17-10/h1,6-7,9-10,13H,3-5H2. The summed E-state index contributed by atoms with van der Waals surface area (Å²) in [7, 11) is 0. The molecule has 4 unspecified atom stereocenters. The molecule has 17 heavy (non-hydrogen) atoms. The van der Waals surface area contributed by atoms with Crippen molar-refractivity contribution in [2.45, 2.75) is 37.4 Å². The number of rotatable bonds is 3. The van der Waals surface area contributed by atoms with Crippen LogP contribution in [-0.2, 0) is 23.8 Å². The minimum atomic E-state index is -1.70. The van der Waals surface area contributed by atoms with E-state index >= 15 is 0 Å². The fourth-order valence-corrected chi connectivity index (χ4v) is 1.77. The summed E-state index contributed by atoms with van der Waals surface area (Å²) in [5.41, 5.74) is 0. The van der Waals surface area contributed by atoms with E-state index in [0.717, 1.165) is 0 Å². The summed E-state index contributed by atoms with van der Waals surface area (Å²) in [4.78, 5) is 22.4. The maximum absolute atomic E-state index is 11.5. The number of aliphatic hydroxyl groups is 1. The molecular formula is C11H12O6. The first-order chi connectivity index (χ1) is 8.13. The van der Waals surface area contributed by atoms with Gasteiger partial charge in [-0.05, 0) is 0 Å². The molecular weight excluding hydrogens is 228 g/mol. The third-order valence-electron chi connectivity index (χ3n) is 2.65. The molecule has 2 saturated heterocycles. The Morgan fingerprint density at radius 2 is 2.24 bits per heavy atom. The maximum Gasteiger partial charge on any atom is 0.343 e. The minimum absolute atomic E-state index is 0.144. The number of hydrogen-bond donors (Lipinski definition) is 1. The van der Waals surface area contributed by atoms with Gasteiger partial charge >= 0.3 is 5.97 Å². The van der Waals surface area contributed by atoms with Crippen LogP contribution < -0.4 is 0 Å². The lowest BCUT2D eigenvalue weighted by molar-refractivity contribution is -0.152. The topological polar surface area (TPSA) is 82.1 Å². The lowest BCUT2D eigenvalue weighted by Gasteiger charge is -2.14. The summed E-state index contributed by atoms with van der Waals surface area (Å²) in [6.07, 6.45) is 2.20. The van der Waals surface area contributed by atoms with Crippen LogP contribution in [0.15, 0.2) is 0 Å². The SMILES string of the molecule is C#CCCC1OCC(C2OC(=O)C(O)C2=O)O1. The van der Waals surface area contributed by atoms with Gasteiger partial charge in [0, 0.05) is 12.8 Å². The van der Waals surface area contributed by atoms with Crippen LogP contribution >= 0.6 is 0 Å². The normalized spacial score (nSPS) is 36.9. The number of ketones is 1. The van der Waals surface area contributed by atoms with E-state index < -0.39 is 36.4 Å². The van der Waals surface area contributed by atoms with E-state index in [1.54, 1.807) is 0 Å². The van der Waals surface area contributed by atoms with Gasteiger partial charge < -0.3 is 19.3 Å². The van der Waals surface area contributed by atoms with E-state index in [9.17, 15) is 9.59 Å². The van der Waals surface area contributed by atoms with Crippen LogP contribution in [0.2, 0.25) is 0 Å². The molecule has 2 aliphatic rings. The van der Waals surface area contributed by atoms with E-state index in [-0.39, 0.29) is 6.61 Å². The van der Waals surface area contributed by atoms with Crippen LogP contribution in [0.5, 0.6) is 0 Å². The average molecular weight is 240 g/mol. The lowest BCUT2D eigenvalue weighted by atomic mass is 10.1. The molecule has 0 bridgehead atoms. The van der Waals surface area contributed by atoms with Gasteiger partial charge in [-0.3, -0.25) is 4.79 Å². The molecule has 0 amide bonds. The van der Waals surface area contributed by atoms with Gasteiger partial charge in [-0.2, -0.15) is 0 Å². The molecule has 92 valence electrons. The molecule has 0 aromatic carbocycles. The minimum Gasteiger partial charge on any atom is -0.449 e. The number of Topliss-reactive ketones (excluding diaryl/α,β-unsaturated/α-hetero) is 1. The Morgan fingerprint density at radius 1 is 1.47 bits per heavy atom. The van der Waals surface area contributed by atoms with E-state index in [0.29, 0.717) is 12.8 Å². The van der Waals surface area contributed by atoms with Crippen molar-refractivity contribution in [2.24, 2.45) is 0 Å². The smallest absolute Gasteiger partial charge is 0.343 e. The molecule has 2 fully saturated rings. The van der Waals surface area contributed by atoms with E-state index in [1.165, 1.54) is 0 Å². The highest BCUT2D eigenvalue weighted by Gasteiger charge is 2.49. The van der Waals surface area contributed by atoms with Gasteiger partial charge in [0.25, 0.3) is 0 Å². The van der Waals surface area contributed by atoms with Crippen molar-refractivity contribution >= 4 is 11.8 Å². The van der Waals surface area contributed by atoms with Crippen LogP contribution in [0, 0.1) is 12.3 Å². The van der Waals surface area contributed by atoms with Crippen molar-refractivity contribution < 1.29 is 28.9 Å². The Labute approximate surface area is 97.8 Å². The van der Waals surface area contributed by atoms with Crippen molar-refractivity contribution in [2.75, 3.05) is 6.61 Å². The van der Waals surface area contributed by atoms with Crippen molar-refractivity contribution in [1.29, 1.82) is 0 Å². The zero-order valence-corrected chi connectivity index (χ0v) is 9.00. The first-order valence-electron chi connectivity index (χ1n) is 5.26. The number of aliphatic hydroxyl groups excluding tert-OH is 1. The Hall–Kier alpha value is -1.42. The Kier molecular flexibility index (Phi) is 3.43. The number of terminal acetylenes is 1. The fraction of sp³-hybridized carbons (Fsp3) is 0.636. The lowest BCUT2D eigenvalue weighted by Crippen LogP contribution is -2.36. The van der Waals surface area contributed by atoms with Gasteiger partial charge in [0.15, 0.2) is 12.4 Å². The Bertz CT molecular complexity index is 371. The highest BCUT2D eigenvalue weighted by Crippen LogP contribution is 2.24. The van der Waals surface area contributed by atoms with Gasteiger partial charge in [0.2, 0.25) is 11.9 Å². The summed E-state index contributed by atoms with van der Waals surface area (Å²) in [6.45, 7) is 0.144. The van der Waals surface area contributed by atoms with Crippen LogP contribution in [0.1, 0.15) is 12.8 Å². The molecule has 2 aliphatic heterocycles. The quantitative estimate of drug-likeness (QED) is 0.387. The van der Waals surface area contributed by atoms with E-state index in [1.807, 2.05) is 0 Å². The molecule has 0 saturated carbocycles. The van der Waals surface area contributed by atoms with Crippen LogP contribution in [-0.4, -0.2) is 48.1 Å². The number of carbonyl (C=O) groups is 2. The second-order valence-electron chi connectivity index (χ2n) is 3.84. The van der Waals surface area contributed by atoms with Crippen LogP contribution in [0.4, 0.5) is 0 Å². The molecule has 0 aromatic rings. The fourth-order valence-electron chi connectivity index (χ4n) is 1.77. The highest BCUT2D eigenvalue weighted by molar-refractivity contribution is 6.09. The third-order valence-corrected chi connectivity index (χ3v) is 2.65. The summed E-state index contributed by atoms with van der Waals surface area (Å²) < 4.78 is 15.4. The molecule has 0 radical (unpaired) electrons. The van der Waals surface area contributed by atoms with Gasteiger partial charge in [-0.15, -0.1) is 12.3 Å². The second-order valence-corrected chi connectivity index (χ2v) is 3.84.